The van der Waals surface area contributed by atoms with E-state index in [1.165, 1.54) is 21.6 Å². The molecule has 3 aliphatic rings. The van der Waals surface area contributed by atoms with E-state index in [0.29, 0.717) is 24.5 Å². The van der Waals surface area contributed by atoms with Gasteiger partial charge in [-0.05, 0) is 67.3 Å². The van der Waals surface area contributed by atoms with E-state index < -0.39 is 0 Å². The van der Waals surface area contributed by atoms with Crippen molar-refractivity contribution in [2.45, 2.75) is 45.6 Å². The predicted octanol–water partition coefficient (Wildman–Crippen LogP) is 6.66. The Balaban J connectivity index is 1.22. The van der Waals surface area contributed by atoms with Crippen LogP contribution in [0.4, 0.5) is 5.69 Å². The third-order valence-corrected chi connectivity index (χ3v) is 8.64. The zero-order valence-electron chi connectivity index (χ0n) is 21.9. The summed E-state index contributed by atoms with van der Waals surface area (Å²) in [6, 6.07) is 20.9. The maximum absolute atomic E-state index is 13.6. The third kappa shape index (κ3) is 4.06. The van der Waals surface area contributed by atoms with Crippen LogP contribution in [0.3, 0.4) is 0 Å². The summed E-state index contributed by atoms with van der Waals surface area (Å²) < 4.78 is 6.33. The first kappa shape index (κ1) is 24.6. The molecule has 5 nitrogen and oxygen atoms in total. The van der Waals surface area contributed by atoms with Crippen LogP contribution in [0.5, 0.6) is 5.75 Å². The summed E-state index contributed by atoms with van der Waals surface area (Å²) >= 11 is 0. The number of imide groups is 1. The second kappa shape index (κ2) is 9.88. The first-order chi connectivity index (χ1) is 18.5. The number of nitrogens with zero attached hydrogens (tertiary/aromatic N) is 1. The van der Waals surface area contributed by atoms with Crippen LogP contribution in [-0.2, 0) is 14.3 Å². The lowest BCUT2D eigenvalue weighted by molar-refractivity contribution is -0.122. The Bertz CT molecular complexity index is 1470. The molecule has 2 amide bonds. The van der Waals surface area contributed by atoms with Crippen molar-refractivity contribution < 1.29 is 19.4 Å². The van der Waals surface area contributed by atoms with Crippen LogP contribution in [0.25, 0.3) is 16.8 Å². The summed E-state index contributed by atoms with van der Waals surface area (Å²) in [6.07, 6.45) is 5.50. The summed E-state index contributed by atoms with van der Waals surface area (Å²) in [6.45, 7) is 4.78. The number of anilines is 1. The fourth-order valence-corrected chi connectivity index (χ4v) is 6.78. The zero-order valence-corrected chi connectivity index (χ0v) is 21.9. The molecule has 0 unspecified atom stereocenters. The highest BCUT2D eigenvalue weighted by Gasteiger charge is 2.56. The van der Waals surface area contributed by atoms with E-state index in [1.54, 1.807) is 6.07 Å². The van der Waals surface area contributed by atoms with E-state index in [1.807, 2.05) is 60.7 Å². The second-order valence-electron chi connectivity index (χ2n) is 10.8. The van der Waals surface area contributed by atoms with Crippen LogP contribution in [0, 0.1) is 17.8 Å². The number of carbonyl (C=O) groups excluding carboxylic acids is 2. The lowest BCUT2D eigenvalue weighted by Crippen LogP contribution is -2.34. The lowest BCUT2D eigenvalue weighted by Gasteiger charge is -2.30. The first-order valence-electron chi connectivity index (χ1n) is 13.6. The Morgan fingerprint density at radius 2 is 1.71 bits per heavy atom. The Hall–Kier alpha value is -3.70. The van der Waals surface area contributed by atoms with Gasteiger partial charge in [0.05, 0.1) is 30.2 Å². The van der Waals surface area contributed by atoms with Crippen LogP contribution in [-0.4, -0.2) is 29.6 Å². The number of allylic oxidation sites excluding steroid dienone is 2. The van der Waals surface area contributed by atoms with Crippen molar-refractivity contribution >= 4 is 34.4 Å². The standard InChI is InChI=1S/C33H33NO4/c1-3-21(18-22-14-15-28(35)25-12-8-7-11-24(22)25)13-16-29-30-20(2)17-26-31(27(30)19-38-29)33(37)34(32(26)36)23-9-5-4-6-10-23/h4-12,14-15,18,26-27,29,31,35H,3,13,16-17,19H2,1-2H3/b21-18+/t26-,27+,29-,31-/m1/s1. The van der Waals surface area contributed by atoms with Crippen molar-refractivity contribution in [2.24, 2.45) is 17.8 Å². The Labute approximate surface area is 223 Å². The number of carbonyl (C=O) groups is 2. The minimum atomic E-state index is -0.337. The molecule has 0 radical (unpaired) electrons. The van der Waals surface area contributed by atoms with Crippen LogP contribution in [0.15, 0.2) is 83.4 Å². The minimum absolute atomic E-state index is 0.0267. The fourth-order valence-electron chi connectivity index (χ4n) is 6.78. The number of para-hydroxylation sites is 1. The molecule has 0 saturated carbocycles. The molecule has 2 fully saturated rings. The molecule has 3 aromatic rings. The van der Waals surface area contributed by atoms with Gasteiger partial charge in [-0.15, -0.1) is 0 Å². The van der Waals surface area contributed by atoms with Gasteiger partial charge in [0.15, 0.2) is 0 Å². The number of benzene rings is 3. The highest BCUT2D eigenvalue weighted by Crippen LogP contribution is 2.50. The van der Waals surface area contributed by atoms with Crippen molar-refractivity contribution in [3.8, 4) is 5.75 Å². The molecule has 0 spiro atoms. The molecule has 2 aliphatic heterocycles. The van der Waals surface area contributed by atoms with Gasteiger partial charge in [-0.1, -0.05) is 72.7 Å². The van der Waals surface area contributed by atoms with Crippen molar-refractivity contribution in [3.63, 3.8) is 0 Å². The van der Waals surface area contributed by atoms with E-state index in [2.05, 4.69) is 19.9 Å². The third-order valence-electron chi connectivity index (χ3n) is 8.64. The van der Waals surface area contributed by atoms with Gasteiger partial charge in [-0.2, -0.15) is 0 Å². The molecular formula is C33H33NO4. The maximum Gasteiger partial charge on any atom is 0.238 e. The molecule has 2 saturated heterocycles. The number of aromatic hydroxyl groups is 1. The van der Waals surface area contributed by atoms with Crippen molar-refractivity contribution in [1.82, 2.24) is 0 Å². The number of phenolic OH excluding ortho intramolecular Hbond substituents is 1. The molecule has 1 aliphatic carbocycles. The SMILES string of the molecule is CC/C(=C\c1ccc(O)c2ccccc12)CC[C@H]1OC[C@H]2C1=C(C)C[C@H]1C(=O)N(c3ccccc3)C(=O)[C@H]12. The minimum Gasteiger partial charge on any atom is -0.507 e. The van der Waals surface area contributed by atoms with Crippen molar-refractivity contribution in [1.29, 1.82) is 0 Å². The number of ether oxygens (including phenoxy) is 1. The van der Waals surface area contributed by atoms with E-state index >= 15 is 0 Å². The average Bonchev–Trinajstić information content (AvgIpc) is 3.47. The Morgan fingerprint density at radius 1 is 0.974 bits per heavy atom. The Kier molecular flexibility index (Phi) is 6.40. The number of fused-ring (bicyclic) bond motifs is 4. The van der Waals surface area contributed by atoms with Gasteiger partial charge < -0.3 is 9.84 Å². The van der Waals surface area contributed by atoms with Gasteiger partial charge in [0.25, 0.3) is 0 Å². The molecular weight excluding hydrogens is 474 g/mol. The summed E-state index contributed by atoms with van der Waals surface area (Å²) in [5, 5.41) is 12.2. The van der Waals surface area contributed by atoms with E-state index in [4.69, 9.17) is 4.74 Å². The van der Waals surface area contributed by atoms with Gasteiger partial charge in [-0.3, -0.25) is 14.5 Å². The highest BCUT2D eigenvalue weighted by molar-refractivity contribution is 6.22. The van der Waals surface area contributed by atoms with E-state index in [0.717, 1.165) is 35.6 Å². The zero-order chi connectivity index (χ0) is 26.4. The molecule has 194 valence electrons. The monoisotopic (exact) mass is 507 g/mol. The maximum atomic E-state index is 13.6. The summed E-state index contributed by atoms with van der Waals surface area (Å²) in [5.74, 6) is -0.531. The number of amides is 2. The highest BCUT2D eigenvalue weighted by atomic mass is 16.5. The molecule has 4 atom stereocenters. The van der Waals surface area contributed by atoms with E-state index in [-0.39, 0.29) is 35.7 Å². The number of rotatable bonds is 6. The largest absolute Gasteiger partial charge is 0.507 e. The molecule has 38 heavy (non-hydrogen) atoms. The molecule has 5 heteroatoms. The van der Waals surface area contributed by atoms with Crippen LogP contribution < -0.4 is 4.90 Å². The summed E-state index contributed by atoms with van der Waals surface area (Å²) in [7, 11) is 0. The first-order valence-corrected chi connectivity index (χ1v) is 13.6. The molecule has 1 N–H and O–H groups in total. The summed E-state index contributed by atoms with van der Waals surface area (Å²) in [5.41, 5.74) is 5.54. The number of hydrogen-bond acceptors (Lipinski definition) is 4. The van der Waals surface area contributed by atoms with Gasteiger partial charge in [-0.25, -0.2) is 0 Å². The van der Waals surface area contributed by atoms with Crippen molar-refractivity contribution in [3.05, 3.63) is 89.0 Å². The molecule has 6 rings (SSSR count). The average molecular weight is 508 g/mol. The van der Waals surface area contributed by atoms with Gasteiger partial charge in [0.2, 0.25) is 11.8 Å². The van der Waals surface area contributed by atoms with Crippen LogP contribution in [0.1, 0.15) is 45.1 Å². The van der Waals surface area contributed by atoms with Gasteiger partial charge >= 0.3 is 0 Å². The smallest absolute Gasteiger partial charge is 0.238 e. The lowest BCUT2D eigenvalue weighted by atomic mass is 9.70. The Morgan fingerprint density at radius 3 is 2.47 bits per heavy atom. The topological polar surface area (TPSA) is 66.8 Å². The molecule has 0 bridgehead atoms. The van der Waals surface area contributed by atoms with Crippen LogP contribution >= 0.6 is 0 Å². The fraction of sp³-hybridized carbons (Fsp3) is 0.333. The van der Waals surface area contributed by atoms with Gasteiger partial charge in [0.1, 0.15) is 5.75 Å². The predicted molar refractivity (Wildman–Crippen MR) is 150 cm³/mol. The quantitative estimate of drug-likeness (QED) is 0.299. The molecule has 3 aromatic carbocycles. The van der Waals surface area contributed by atoms with Crippen molar-refractivity contribution in [2.75, 3.05) is 11.5 Å². The summed E-state index contributed by atoms with van der Waals surface area (Å²) in [4.78, 5) is 28.3. The van der Waals surface area contributed by atoms with Crippen LogP contribution in [0.2, 0.25) is 0 Å². The number of phenols is 1. The second-order valence-corrected chi connectivity index (χ2v) is 10.8. The molecule has 2 heterocycles. The molecule has 0 aromatic heterocycles. The number of hydrogen-bond donors (Lipinski definition) is 1. The van der Waals surface area contributed by atoms with E-state index in [9.17, 15) is 14.7 Å². The van der Waals surface area contributed by atoms with Gasteiger partial charge in [0, 0.05) is 11.3 Å². The normalized spacial score (nSPS) is 25.3.